The molecule has 0 aliphatic rings. The van der Waals surface area contributed by atoms with Gasteiger partial charge < -0.3 is 0 Å². The van der Waals surface area contributed by atoms with Gasteiger partial charge in [0.25, 0.3) is 0 Å². The number of aromatic nitrogens is 5. The Morgan fingerprint density at radius 2 is 1.85 bits per heavy atom. The topological polar surface area (TPSA) is 99.6 Å². The molecule has 0 atom stereocenters. The van der Waals surface area contributed by atoms with Crippen LogP contribution in [0.2, 0.25) is 0 Å². The van der Waals surface area contributed by atoms with Crippen molar-refractivity contribution in [1.82, 2.24) is 24.7 Å². The van der Waals surface area contributed by atoms with E-state index in [-0.39, 0.29) is 5.69 Å². The first-order valence-electron chi connectivity index (χ1n) is 7.87. The number of rotatable bonds is 6. The molecule has 27 heavy (non-hydrogen) atoms. The van der Waals surface area contributed by atoms with E-state index in [1.165, 1.54) is 29.0 Å². The van der Waals surface area contributed by atoms with Crippen LogP contribution in [0, 0.1) is 10.1 Å². The summed E-state index contributed by atoms with van der Waals surface area (Å²) < 4.78 is 1.95. The van der Waals surface area contributed by atoms with Gasteiger partial charge in [-0.2, -0.15) is 0 Å². The van der Waals surface area contributed by atoms with Gasteiger partial charge in [-0.15, -0.1) is 21.5 Å². The predicted octanol–water partition coefficient (Wildman–Crippen LogP) is 3.77. The van der Waals surface area contributed by atoms with E-state index in [0.717, 1.165) is 11.5 Å². The van der Waals surface area contributed by atoms with Gasteiger partial charge in [0.15, 0.2) is 5.16 Å². The molecule has 0 spiro atoms. The van der Waals surface area contributed by atoms with Crippen LogP contribution in [0.5, 0.6) is 0 Å². The van der Waals surface area contributed by atoms with E-state index >= 15 is 0 Å². The van der Waals surface area contributed by atoms with Crippen LogP contribution in [-0.2, 0) is 6.42 Å². The minimum atomic E-state index is -0.528. The lowest BCUT2D eigenvalue weighted by Crippen LogP contribution is -2.03. The number of nitro groups is 1. The minimum Gasteiger partial charge on any atom is -0.273 e. The number of hydrogen-bond acceptors (Lipinski definition) is 8. The maximum atomic E-state index is 10.8. The lowest BCUT2D eigenvalue weighted by Gasteiger charge is -2.09. The quantitative estimate of drug-likeness (QED) is 0.278. The lowest BCUT2D eigenvalue weighted by molar-refractivity contribution is -0.385. The largest absolute Gasteiger partial charge is 0.305 e. The molecule has 0 bridgehead atoms. The van der Waals surface area contributed by atoms with Crippen molar-refractivity contribution in [3.63, 3.8) is 0 Å². The van der Waals surface area contributed by atoms with Crippen LogP contribution in [0.1, 0.15) is 10.7 Å². The Labute approximate surface area is 162 Å². The molecule has 0 N–H and O–H groups in total. The van der Waals surface area contributed by atoms with Crippen LogP contribution < -0.4 is 0 Å². The Morgan fingerprint density at radius 3 is 2.52 bits per heavy atom. The van der Waals surface area contributed by atoms with Crippen molar-refractivity contribution in [3.05, 3.63) is 81.1 Å². The second-order valence-electron chi connectivity index (χ2n) is 5.41. The molecule has 4 rings (SSSR count). The van der Waals surface area contributed by atoms with Crippen molar-refractivity contribution in [2.75, 3.05) is 0 Å². The Hall–Kier alpha value is -3.11. The summed E-state index contributed by atoms with van der Waals surface area (Å²) >= 11 is 2.87. The number of hydrogen-bond donors (Lipinski definition) is 0. The number of benzene rings is 1. The molecule has 1 aromatic carbocycles. The van der Waals surface area contributed by atoms with Gasteiger partial charge in [0.1, 0.15) is 18.2 Å². The summed E-state index contributed by atoms with van der Waals surface area (Å²) in [7, 11) is 0. The van der Waals surface area contributed by atoms with Crippen LogP contribution in [0.15, 0.2) is 70.6 Å². The van der Waals surface area contributed by atoms with Crippen LogP contribution in [0.3, 0.4) is 0 Å². The first-order chi connectivity index (χ1) is 13.2. The molecule has 0 saturated carbocycles. The molecule has 4 aromatic rings. The van der Waals surface area contributed by atoms with Crippen LogP contribution in [-0.4, -0.2) is 29.7 Å². The van der Waals surface area contributed by atoms with Crippen LogP contribution in [0.4, 0.5) is 5.69 Å². The van der Waals surface area contributed by atoms with Gasteiger partial charge in [-0.05, 0) is 35.3 Å². The fraction of sp³-hybridized carbons (Fsp3) is 0.0588. The average molecular weight is 396 g/mol. The monoisotopic (exact) mass is 396 g/mol. The zero-order valence-electron chi connectivity index (χ0n) is 13.8. The molecular weight excluding hydrogens is 384 g/mol. The standard InChI is InChI=1S/C17H12N6O2S2/c24-23(25)13-10-18-16(19-11-13)27-17-21-20-15(9-14-7-4-8-26-14)22(17)12-5-2-1-3-6-12/h1-8,10-11H,9H2. The van der Waals surface area contributed by atoms with Crippen LogP contribution >= 0.6 is 23.1 Å². The number of para-hydroxylation sites is 1. The molecule has 0 aliphatic carbocycles. The van der Waals surface area contributed by atoms with Gasteiger partial charge in [-0.1, -0.05) is 24.3 Å². The van der Waals surface area contributed by atoms with Crippen molar-refractivity contribution in [1.29, 1.82) is 0 Å². The normalized spacial score (nSPS) is 10.8. The minimum absolute atomic E-state index is 0.151. The SMILES string of the molecule is O=[N+]([O-])c1cnc(Sc2nnc(Cc3cccs3)n2-c2ccccc2)nc1. The van der Waals surface area contributed by atoms with Crippen molar-refractivity contribution >= 4 is 28.8 Å². The van der Waals surface area contributed by atoms with Gasteiger partial charge in [0, 0.05) is 17.0 Å². The smallest absolute Gasteiger partial charge is 0.273 e. The zero-order chi connectivity index (χ0) is 18.6. The predicted molar refractivity (Wildman–Crippen MR) is 101 cm³/mol. The summed E-state index contributed by atoms with van der Waals surface area (Å²) in [4.78, 5) is 19.5. The third kappa shape index (κ3) is 3.86. The average Bonchev–Trinajstić information content (AvgIpc) is 3.33. The molecule has 0 fully saturated rings. The Balaban J connectivity index is 1.69. The summed E-state index contributed by atoms with van der Waals surface area (Å²) in [5.41, 5.74) is 0.778. The van der Waals surface area contributed by atoms with Crippen molar-refractivity contribution in [3.8, 4) is 5.69 Å². The highest BCUT2D eigenvalue weighted by molar-refractivity contribution is 7.99. The first kappa shape index (κ1) is 17.3. The second kappa shape index (κ2) is 7.64. The highest BCUT2D eigenvalue weighted by atomic mass is 32.2. The summed E-state index contributed by atoms with van der Waals surface area (Å²) in [6.07, 6.45) is 3.03. The van der Waals surface area contributed by atoms with Gasteiger partial charge >= 0.3 is 5.69 Å². The maximum absolute atomic E-state index is 10.8. The van der Waals surface area contributed by atoms with Gasteiger partial charge in [0.2, 0.25) is 5.16 Å². The van der Waals surface area contributed by atoms with E-state index in [1.54, 1.807) is 11.3 Å². The Morgan fingerprint density at radius 1 is 1.07 bits per heavy atom. The molecule has 134 valence electrons. The third-order valence-electron chi connectivity index (χ3n) is 3.64. The fourth-order valence-electron chi connectivity index (χ4n) is 2.42. The van der Waals surface area contributed by atoms with Crippen LogP contribution in [0.25, 0.3) is 5.69 Å². The number of nitrogens with zero attached hydrogens (tertiary/aromatic N) is 6. The van der Waals surface area contributed by atoms with E-state index in [2.05, 4.69) is 26.2 Å². The van der Waals surface area contributed by atoms with E-state index in [0.29, 0.717) is 16.7 Å². The molecule has 0 unspecified atom stereocenters. The van der Waals surface area contributed by atoms with E-state index < -0.39 is 4.92 Å². The summed E-state index contributed by atoms with van der Waals surface area (Å²) in [5, 5.41) is 22.4. The maximum Gasteiger partial charge on any atom is 0.305 e. The zero-order valence-corrected chi connectivity index (χ0v) is 15.4. The van der Waals surface area contributed by atoms with E-state index in [4.69, 9.17) is 0 Å². The molecule has 8 nitrogen and oxygen atoms in total. The third-order valence-corrected chi connectivity index (χ3v) is 5.35. The highest BCUT2D eigenvalue weighted by Gasteiger charge is 2.17. The molecule has 10 heteroatoms. The molecule has 3 heterocycles. The Bertz CT molecular complexity index is 1050. The molecule has 3 aromatic heterocycles. The molecule has 0 radical (unpaired) electrons. The first-order valence-corrected chi connectivity index (χ1v) is 9.57. The fourth-order valence-corrected chi connectivity index (χ4v) is 3.88. The summed E-state index contributed by atoms with van der Waals surface area (Å²) in [5.74, 6) is 0.799. The van der Waals surface area contributed by atoms with Crippen molar-refractivity contribution in [2.45, 2.75) is 16.7 Å². The van der Waals surface area contributed by atoms with Gasteiger partial charge in [-0.25, -0.2) is 9.97 Å². The van der Waals surface area contributed by atoms with Crippen molar-refractivity contribution < 1.29 is 4.92 Å². The second-order valence-corrected chi connectivity index (χ2v) is 7.38. The van der Waals surface area contributed by atoms with Gasteiger partial charge in [-0.3, -0.25) is 14.7 Å². The molecular formula is C17H12N6O2S2. The van der Waals surface area contributed by atoms with E-state index in [1.807, 2.05) is 46.3 Å². The highest BCUT2D eigenvalue weighted by Crippen LogP contribution is 2.28. The van der Waals surface area contributed by atoms with Gasteiger partial charge in [0.05, 0.1) is 4.92 Å². The molecule has 0 amide bonds. The lowest BCUT2D eigenvalue weighted by atomic mass is 10.3. The molecule has 0 aliphatic heterocycles. The van der Waals surface area contributed by atoms with E-state index in [9.17, 15) is 10.1 Å². The van der Waals surface area contributed by atoms with Crippen molar-refractivity contribution in [2.24, 2.45) is 0 Å². The summed E-state index contributed by atoms with van der Waals surface area (Å²) in [6.45, 7) is 0. The summed E-state index contributed by atoms with van der Waals surface area (Å²) in [6, 6.07) is 13.8. The number of thiophene rings is 1. The Kier molecular flexibility index (Phi) is 4.90. The molecule has 0 saturated heterocycles.